The quantitative estimate of drug-likeness (QED) is 0.225. The van der Waals surface area contributed by atoms with E-state index in [1.54, 1.807) is 6.20 Å². The first kappa shape index (κ1) is 26.1. The van der Waals surface area contributed by atoms with Gasteiger partial charge in [-0.3, -0.25) is 14.8 Å². The van der Waals surface area contributed by atoms with Crippen LogP contribution in [0, 0.1) is 0 Å². The van der Waals surface area contributed by atoms with E-state index in [0.29, 0.717) is 16.8 Å². The molecular formula is C36H33N5O. The van der Waals surface area contributed by atoms with Crippen LogP contribution >= 0.6 is 0 Å². The van der Waals surface area contributed by atoms with Crippen molar-refractivity contribution in [3.05, 3.63) is 142 Å². The molecule has 3 aromatic heterocycles. The number of piperidine rings is 1. The fourth-order valence-electron chi connectivity index (χ4n) is 6.08. The Labute approximate surface area is 245 Å². The maximum Gasteiger partial charge on any atom is 0.257 e. The maximum absolute atomic E-state index is 12.5. The Hall–Kier alpha value is -4.81. The van der Waals surface area contributed by atoms with Gasteiger partial charge in [-0.15, -0.1) is 0 Å². The van der Waals surface area contributed by atoms with Crippen molar-refractivity contribution in [2.24, 2.45) is 0 Å². The summed E-state index contributed by atoms with van der Waals surface area (Å²) >= 11 is 0. The number of H-pyrrole nitrogens is 2. The normalized spacial score (nSPS) is 14.4. The van der Waals surface area contributed by atoms with Gasteiger partial charge in [-0.05, 0) is 60.8 Å². The van der Waals surface area contributed by atoms with E-state index in [0.717, 1.165) is 61.3 Å². The number of pyridine rings is 2. The van der Waals surface area contributed by atoms with Crippen molar-refractivity contribution < 1.29 is 0 Å². The lowest BCUT2D eigenvalue weighted by Gasteiger charge is -2.31. The number of hydrogen-bond acceptors (Lipinski definition) is 4. The number of nitrogens with zero attached hydrogens (tertiary/aromatic N) is 3. The topological polar surface area (TPSA) is 77.7 Å². The number of benzene rings is 3. The van der Waals surface area contributed by atoms with Gasteiger partial charge < -0.3 is 4.98 Å². The van der Waals surface area contributed by atoms with Crippen LogP contribution in [0.1, 0.15) is 41.3 Å². The van der Waals surface area contributed by atoms with Gasteiger partial charge in [-0.1, -0.05) is 84.9 Å². The maximum atomic E-state index is 12.5. The molecule has 4 heterocycles. The third-order valence-corrected chi connectivity index (χ3v) is 8.36. The first-order chi connectivity index (χ1) is 20.7. The summed E-state index contributed by atoms with van der Waals surface area (Å²) < 4.78 is 0. The van der Waals surface area contributed by atoms with Crippen LogP contribution in [-0.4, -0.2) is 38.2 Å². The second kappa shape index (κ2) is 11.6. The Balaban J connectivity index is 1.04. The number of likely N-dealkylation sites (tertiary alicyclic amines) is 1. The molecular weight excluding hydrogens is 518 g/mol. The minimum Gasteiger partial charge on any atom is -0.328 e. The molecule has 2 N–H and O–H groups in total. The van der Waals surface area contributed by atoms with Gasteiger partial charge in [-0.2, -0.15) is 5.10 Å². The molecule has 1 fully saturated rings. The van der Waals surface area contributed by atoms with Gasteiger partial charge in [0.1, 0.15) is 0 Å². The molecule has 1 aliphatic heterocycles. The smallest absolute Gasteiger partial charge is 0.257 e. The van der Waals surface area contributed by atoms with E-state index in [9.17, 15) is 4.79 Å². The zero-order chi connectivity index (χ0) is 28.3. The highest BCUT2D eigenvalue weighted by molar-refractivity contribution is 5.91. The average Bonchev–Trinajstić information content (AvgIpc) is 3.51. The van der Waals surface area contributed by atoms with Crippen molar-refractivity contribution >= 4 is 10.9 Å². The standard InChI is InChI=1S/C36H33N5O/c42-36-32-23-31(27-9-5-2-6-10-27)35(38-33(32)15-18-37-36)29-13-11-26(12-14-29)24-41-19-16-28(17-20-41)34-22-30(39-40-34)21-25-7-3-1-4-8-25/h1-15,18,22-23,28H,16-17,19-21,24H2,(H,37,42)(H,39,40). The number of aromatic amines is 2. The lowest BCUT2D eigenvalue weighted by molar-refractivity contribution is 0.203. The van der Waals surface area contributed by atoms with E-state index >= 15 is 0 Å². The second-order valence-corrected chi connectivity index (χ2v) is 11.2. The van der Waals surface area contributed by atoms with E-state index in [2.05, 4.69) is 92.9 Å². The van der Waals surface area contributed by atoms with E-state index in [1.165, 1.54) is 22.5 Å². The highest BCUT2D eigenvalue weighted by atomic mass is 16.1. The van der Waals surface area contributed by atoms with Crippen molar-refractivity contribution in [3.8, 4) is 22.4 Å². The van der Waals surface area contributed by atoms with Gasteiger partial charge >= 0.3 is 0 Å². The number of nitrogens with one attached hydrogen (secondary N) is 2. The molecule has 0 bridgehead atoms. The number of hydrogen-bond donors (Lipinski definition) is 2. The SMILES string of the molecule is O=c1[nH]ccc2nc(-c3ccc(CN4CCC(c5cc(Cc6ccccc6)[nH]n5)CC4)cc3)c(-c3ccccc3)cc12. The highest BCUT2D eigenvalue weighted by Gasteiger charge is 2.23. The molecule has 6 heteroatoms. The molecule has 0 atom stereocenters. The Morgan fingerprint density at radius 1 is 0.786 bits per heavy atom. The molecule has 6 aromatic rings. The molecule has 1 aliphatic rings. The molecule has 0 aliphatic carbocycles. The number of aromatic nitrogens is 4. The summed E-state index contributed by atoms with van der Waals surface area (Å²) in [5.74, 6) is 0.507. The van der Waals surface area contributed by atoms with Crippen molar-refractivity contribution in [2.75, 3.05) is 13.1 Å². The summed E-state index contributed by atoms with van der Waals surface area (Å²) in [5.41, 5.74) is 9.48. The average molecular weight is 552 g/mol. The van der Waals surface area contributed by atoms with Crippen LogP contribution in [0.4, 0.5) is 0 Å². The largest absolute Gasteiger partial charge is 0.328 e. The van der Waals surface area contributed by atoms with Crippen molar-refractivity contribution in [1.29, 1.82) is 0 Å². The minimum atomic E-state index is -0.122. The lowest BCUT2D eigenvalue weighted by Crippen LogP contribution is -2.32. The van der Waals surface area contributed by atoms with E-state index in [1.807, 2.05) is 30.3 Å². The van der Waals surface area contributed by atoms with Gasteiger partial charge in [-0.25, -0.2) is 4.98 Å². The Morgan fingerprint density at radius 3 is 2.29 bits per heavy atom. The molecule has 42 heavy (non-hydrogen) atoms. The van der Waals surface area contributed by atoms with Crippen LogP contribution in [-0.2, 0) is 13.0 Å². The van der Waals surface area contributed by atoms with Crippen LogP contribution in [0.5, 0.6) is 0 Å². The lowest BCUT2D eigenvalue weighted by atomic mass is 9.92. The van der Waals surface area contributed by atoms with E-state index in [-0.39, 0.29) is 5.56 Å². The summed E-state index contributed by atoms with van der Waals surface area (Å²) in [5, 5.41) is 8.53. The molecule has 7 rings (SSSR count). The third-order valence-electron chi connectivity index (χ3n) is 8.36. The molecule has 208 valence electrons. The Morgan fingerprint density at radius 2 is 1.52 bits per heavy atom. The summed E-state index contributed by atoms with van der Waals surface area (Å²) in [6, 6.07) is 35.5. The molecule has 0 unspecified atom stereocenters. The molecule has 0 amide bonds. The van der Waals surface area contributed by atoms with E-state index in [4.69, 9.17) is 4.98 Å². The van der Waals surface area contributed by atoms with Crippen LogP contribution in [0.2, 0.25) is 0 Å². The first-order valence-electron chi connectivity index (χ1n) is 14.7. The van der Waals surface area contributed by atoms with Gasteiger partial charge in [0.05, 0.1) is 22.3 Å². The minimum absolute atomic E-state index is 0.122. The fraction of sp³-hybridized carbons (Fsp3) is 0.194. The summed E-state index contributed by atoms with van der Waals surface area (Å²) in [6.45, 7) is 3.05. The van der Waals surface area contributed by atoms with Crippen LogP contribution in [0.3, 0.4) is 0 Å². The van der Waals surface area contributed by atoms with Crippen molar-refractivity contribution in [3.63, 3.8) is 0 Å². The van der Waals surface area contributed by atoms with Crippen molar-refractivity contribution in [1.82, 2.24) is 25.1 Å². The van der Waals surface area contributed by atoms with E-state index < -0.39 is 0 Å². The number of fused-ring (bicyclic) bond motifs is 1. The highest BCUT2D eigenvalue weighted by Crippen LogP contribution is 2.33. The molecule has 0 saturated carbocycles. The van der Waals surface area contributed by atoms with Gasteiger partial charge in [0.2, 0.25) is 0 Å². The monoisotopic (exact) mass is 551 g/mol. The third kappa shape index (κ3) is 5.54. The molecule has 0 radical (unpaired) electrons. The summed E-state index contributed by atoms with van der Waals surface area (Å²) in [6.07, 6.45) is 4.79. The number of rotatable bonds is 7. The first-order valence-corrected chi connectivity index (χ1v) is 14.7. The zero-order valence-corrected chi connectivity index (χ0v) is 23.5. The zero-order valence-electron chi connectivity index (χ0n) is 23.5. The van der Waals surface area contributed by atoms with Crippen LogP contribution in [0.25, 0.3) is 33.3 Å². The van der Waals surface area contributed by atoms with Crippen LogP contribution in [0.15, 0.2) is 114 Å². The predicted molar refractivity (Wildman–Crippen MR) is 168 cm³/mol. The Kier molecular flexibility index (Phi) is 7.20. The fourth-order valence-corrected chi connectivity index (χ4v) is 6.08. The van der Waals surface area contributed by atoms with Gasteiger partial charge in [0.15, 0.2) is 0 Å². The van der Waals surface area contributed by atoms with Gasteiger partial charge in [0.25, 0.3) is 5.56 Å². The predicted octanol–water partition coefficient (Wildman–Crippen LogP) is 6.95. The van der Waals surface area contributed by atoms with Gasteiger partial charge in [0, 0.05) is 41.9 Å². The second-order valence-electron chi connectivity index (χ2n) is 11.2. The Bertz CT molecular complexity index is 1850. The molecule has 0 spiro atoms. The van der Waals surface area contributed by atoms with Crippen LogP contribution < -0.4 is 5.56 Å². The van der Waals surface area contributed by atoms with Crippen molar-refractivity contribution in [2.45, 2.75) is 31.7 Å². The summed E-state index contributed by atoms with van der Waals surface area (Å²) in [4.78, 5) is 22.8. The molecule has 3 aromatic carbocycles. The summed E-state index contributed by atoms with van der Waals surface area (Å²) in [7, 11) is 0. The molecule has 6 nitrogen and oxygen atoms in total. The molecule has 1 saturated heterocycles.